The maximum atomic E-state index is 12.0. The van der Waals surface area contributed by atoms with Crippen LogP contribution in [0.25, 0.3) is 0 Å². The summed E-state index contributed by atoms with van der Waals surface area (Å²) in [6.07, 6.45) is 1.10. The van der Waals surface area contributed by atoms with Gasteiger partial charge in [-0.05, 0) is 30.7 Å². The van der Waals surface area contributed by atoms with Gasteiger partial charge < -0.3 is 15.4 Å². The smallest absolute Gasteiger partial charge is 0.387 e. The Labute approximate surface area is 99.2 Å². The number of halogens is 2. The summed E-state index contributed by atoms with van der Waals surface area (Å²) in [5.41, 5.74) is 0.954. The Kier molecular flexibility index (Phi) is 4.28. The Morgan fingerprint density at radius 3 is 3.06 bits per heavy atom. The molecule has 1 heterocycles. The van der Waals surface area contributed by atoms with Gasteiger partial charge in [0, 0.05) is 19.1 Å². The molecule has 1 aromatic rings. The lowest BCUT2D eigenvalue weighted by Gasteiger charge is -2.12. The van der Waals surface area contributed by atoms with Crippen LogP contribution in [0.3, 0.4) is 0 Å². The van der Waals surface area contributed by atoms with Gasteiger partial charge in [-0.25, -0.2) is 0 Å². The van der Waals surface area contributed by atoms with Gasteiger partial charge in [0.05, 0.1) is 0 Å². The van der Waals surface area contributed by atoms with Gasteiger partial charge in [0.15, 0.2) is 0 Å². The highest BCUT2D eigenvalue weighted by Gasteiger charge is 2.13. The van der Waals surface area contributed by atoms with E-state index in [1.165, 1.54) is 6.07 Å². The third-order valence-electron chi connectivity index (χ3n) is 2.78. The highest BCUT2D eigenvalue weighted by Crippen LogP contribution is 2.16. The average Bonchev–Trinajstić information content (AvgIpc) is 2.79. The highest BCUT2D eigenvalue weighted by atomic mass is 19.3. The maximum absolute atomic E-state index is 12.0. The normalized spacial score (nSPS) is 19.8. The molecular weight excluding hydrogens is 226 g/mol. The zero-order valence-corrected chi connectivity index (χ0v) is 9.46. The maximum Gasteiger partial charge on any atom is 0.387 e. The number of nitrogens with one attached hydrogen (secondary N) is 2. The molecule has 5 heteroatoms. The van der Waals surface area contributed by atoms with E-state index in [9.17, 15) is 8.78 Å². The van der Waals surface area contributed by atoms with Crippen LogP contribution >= 0.6 is 0 Å². The fourth-order valence-electron chi connectivity index (χ4n) is 1.92. The van der Waals surface area contributed by atoms with Crippen LogP contribution < -0.4 is 15.4 Å². The summed E-state index contributed by atoms with van der Waals surface area (Å²) in [5.74, 6) is 0.212. The number of hydrogen-bond acceptors (Lipinski definition) is 3. The van der Waals surface area contributed by atoms with Crippen molar-refractivity contribution in [1.29, 1.82) is 0 Å². The molecule has 0 saturated carbocycles. The third-order valence-corrected chi connectivity index (χ3v) is 2.78. The van der Waals surface area contributed by atoms with Crippen molar-refractivity contribution in [2.75, 3.05) is 13.1 Å². The summed E-state index contributed by atoms with van der Waals surface area (Å²) in [5, 5.41) is 6.63. The molecule has 17 heavy (non-hydrogen) atoms. The van der Waals surface area contributed by atoms with Crippen LogP contribution in [0.15, 0.2) is 24.3 Å². The molecule has 1 aliphatic rings. The second kappa shape index (κ2) is 5.93. The van der Waals surface area contributed by atoms with Crippen molar-refractivity contribution in [3.63, 3.8) is 0 Å². The number of ether oxygens (including phenoxy) is 1. The molecular formula is C12H16F2N2O. The minimum absolute atomic E-state index is 0.212. The number of alkyl halides is 2. The molecule has 1 saturated heterocycles. The first-order valence-electron chi connectivity index (χ1n) is 5.72. The lowest BCUT2D eigenvalue weighted by Crippen LogP contribution is -2.30. The monoisotopic (exact) mass is 242 g/mol. The quantitative estimate of drug-likeness (QED) is 0.825. The molecule has 3 nitrogen and oxygen atoms in total. The molecule has 94 valence electrons. The Hall–Kier alpha value is -1.20. The van der Waals surface area contributed by atoms with Crippen LogP contribution in [0.1, 0.15) is 12.0 Å². The molecule has 2 N–H and O–H groups in total. The van der Waals surface area contributed by atoms with Crippen LogP contribution in [0.2, 0.25) is 0 Å². The van der Waals surface area contributed by atoms with Crippen molar-refractivity contribution in [2.24, 2.45) is 0 Å². The molecule has 1 aliphatic heterocycles. The number of hydrogen-bond donors (Lipinski definition) is 2. The van der Waals surface area contributed by atoms with Gasteiger partial charge in [-0.1, -0.05) is 12.1 Å². The molecule has 2 rings (SSSR count). The minimum atomic E-state index is -2.77. The molecule has 1 aromatic carbocycles. The van der Waals surface area contributed by atoms with E-state index in [0.29, 0.717) is 12.6 Å². The second-order valence-electron chi connectivity index (χ2n) is 4.10. The fraction of sp³-hybridized carbons (Fsp3) is 0.500. The Bertz CT molecular complexity index is 354. The van der Waals surface area contributed by atoms with Crippen LogP contribution in [0, 0.1) is 0 Å². The number of rotatable bonds is 5. The molecule has 0 aromatic heterocycles. The van der Waals surface area contributed by atoms with E-state index < -0.39 is 6.61 Å². The first-order valence-corrected chi connectivity index (χ1v) is 5.72. The fourth-order valence-corrected chi connectivity index (χ4v) is 1.92. The highest BCUT2D eigenvalue weighted by molar-refractivity contribution is 5.28. The zero-order valence-electron chi connectivity index (χ0n) is 9.46. The van der Waals surface area contributed by atoms with Crippen molar-refractivity contribution in [1.82, 2.24) is 10.6 Å². The standard InChI is InChI=1S/C12H16F2N2O/c13-12(14)17-11-3-1-2-9(6-11)7-16-10-4-5-15-8-10/h1-3,6,10,12,15-16H,4-5,7-8H2. The van der Waals surface area contributed by atoms with Gasteiger partial charge in [-0.3, -0.25) is 0 Å². The van der Waals surface area contributed by atoms with E-state index in [-0.39, 0.29) is 5.75 Å². The van der Waals surface area contributed by atoms with E-state index in [2.05, 4.69) is 15.4 Å². The predicted octanol–water partition coefficient (Wildman–Crippen LogP) is 1.74. The predicted molar refractivity (Wildman–Crippen MR) is 61.2 cm³/mol. The van der Waals surface area contributed by atoms with Crippen molar-refractivity contribution < 1.29 is 13.5 Å². The topological polar surface area (TPSA) is 33.3 Å². The molecule has 0 radical (unpaired) electrons. The van der Waals surface area contributed by atoms with Crippen LogP contribution in [-0.2, 0) is 6.54 Å². The summed E-state index contributed by atoms with van der Waals surface area (Å²) in [4.78, 5) is 0. The van der Waals surface area contributed by atoms with E-state index in [1.54, 1.807) is 12.1 Å². The van der Waals surface area contributed by atoms with Gasteiger partial charge in [0.2, 0.25) is 0 Å². The van der Waals surface area contributed by atoms with E-state index in [1.807, 2.05) is 6.07 Å². The van der Waals surface area contributed by atoms with Crippen LogP contribution in [0.5, 0.6) is 5.75 Å². The first kappa shape index (κ1) is 12.3. The lowest BCUT2D eigenvalue weighted by molar-refractivity contribution is -0.0498. The summed E-state index contributed by atoms with van der Waals surface area (Å²) >= 11 is 0. The van der Waals surface area contributed by atoms with E-state index in [4.69, 9.17) is 0 Å². The minimum Gasteiger partial charge on any atom is -0.435 e. The van der Waals surface area contributed by atoms with Gasteiger partial charge in [-0.2, -0.15) is 8.78 Å². The van der Waals surface area contributed by atoms with E-state index in [0.717, 1.165) is 25.1 Å². The Balaban J connectivity index is 1.86. The molecule has 1 atom stereocenters. The largest absolute Gasteiger partial charge is 0.435 e. The lowest BCUT2D eigenvalue weighted by atomic mass is 10.2. The van der Waals surface area contributed by atoms with Crippen molar-refractivity contribution in [2.45, 2.75) is 25.6 Å². The summed E-state index contributed by atoms with van der Waals surface area (Å²) in [6.45, 7) is -0.0936. The SMILES string of the molecule is FC(F)Oc1cccc(CNC2CCNC2)c1. The Morgan fingerprint density at radius 1 is 1.47 bits per heavy atom. The zero-order chi connectivity index (χ0) is 12.1. The summed E-state index contributed by atoms with van der Waals surface area (Å²) in [6, 6.07) is 7.26. The van der Waals surface area contributed by atoms with Gasteiger partial charge in [-0.15, -0.1) is 0 Å². The average molecular weight is 242 g/mol. The van der Waals surface area contributed by atoms with Gasteiger partial charge in [0.1, 0.15) is 5.75 Å². The molecule has 0 aliphatic carbocycles. The summed E-state index contributed by atoms with van der Waals surface area (Å²) < 4.78 is 28.4. The van der Waals surface area contributed by atoms with Gasteiger partial charge in [0.25, 0.3) is 0 Å². The number of benzene rings is 1. The van der Waals surface area contributed by atoms with Crippen LogP contribution in [-0.4, -0.2) is 25.7 Å². The molecule has 1 unspecified atom stereocenters. The molecule has 1 fully saturated rings. The van der Waals surface area contributed by atoms with Gasteiger partial charge >= 0.3 is 6.61 Å². The molecule has 0 bridgehead atoms. The summed E-state index contributed by atoms with van der Waals surface area (Å²) in [7, 11) is 0. The Morgan fingerprint density at radius 2 is 2.35 bits per heavy atom. The van der Waals surface area contributed by atoms with Crippen molar-refractivity contribution >= 4 is 0 Å². The molecule has 0 spiro atoms. The second-order valence-corrected chi connectivity index (χ2v) is 4.10. The third kappa shape index (κ3) is 3.94. The first-order chi connectivity index (χ1) is 8.24. The van der Waals surface area contributed by atoms with E-state index >= 15 is 0 Å². The van der Waals surface area contributed by atoms with Crippen LogP contribution in [0.4, 0.5) is 8.78 Å². The van der Waals surface area contributed by atoms with Crippen molar-refractivity contribution in [3.05, 3.63) is 29.8 Å². The molecule has 0 amide bonds. The van der Waals surface area contributed by atoms with Crippen molar-refractivity contribution in [3.8, 4) is 5.75 Å².